The first-order valence-electron chi connectivity index (χ1n) is 10.1. The molecule has 0 bridgehead atoms. The lowest BCUT2D eigenvalue weighted by molar-refractivity contribution is 1.21. The van der Waals surface area contributed by atoms with E-state index in [0.717, 1.165) is 0 Å². The zero-order valence-electron chi connectivity index (χ0n) is 16.3. The molecule has 6 aromatic rings. The Morgan fingerprint density at radius 2 is 1.13 bits per heavy atom. The van der Waals surface area contributed by atoms with Gasteiger partial charge in [0.25, 0.3) is 0 Å². The fraction of sp³-hybridized carbons (Fsp3) is 0. The Morgan fingerprint density at radius 3 is 1.87 bits per heavy atom. The van der Waals surface area contributed by atoms with E-state index >= 15 is 0 Å². The highest BCUT2D eigenvalue weighted by Gasteiger charge is 2.20. The monoisotopic (exact) mass is 401 g/mol. The summed E-state index contributed by atoms with van der Waals surface area (Å²) in [5.41, 5.74) is 6.26. The molecule has 0 atom stereocenters. The molecule has 0 saturated carbocycles. The normalized spacial score (nSPS) is 11.3. The Kier molecular flexibility index (Phi) is 4.03. The van der Waals surface area contributed by atoms with Crippen molar-refractivity contribution < 1.29 is 0 Å². The van der Waals surface area contributed by atoms with Crippen LogP contribution in [-0.4, -0.2) is 4.40 Å². The molecular weight excluding hydrogens is 382 g/mol. The minimum Gasteiger partial charge on any atom is -0.316 e. The second-order valence-corrected chi connectivity index (χ2v) is 8.46. The standard InChI is InChI=1S/C28H19NS/c1-3-11-20(12-4-1)26-25(19-22-15-9-10-18-29(22)26)28-24-17-8-7-16-23(24)27(30-28)21-13-5-2-6-14-21/h1-19H. The molecule has 1 nitrogen and oxygen atoms in total. The lowest BCUT2D eigenvalue weighted by atomic mass is 10.0. The molecule has 0 aliphatic heterocycles. The summed E-state index contributed by atoms with van der Waals surface area (Å²) in [5, 5.41) is 2.63. The third kappa shape index (κ3) is 2.69. The van der Waals surface area contributed by atoms with Crippen LogP contribution >= 0.6 is 11.3 Å². The Bertz CT molecular complexity index is 1470. The maximum Gasteiger partial charge on any atom is 0.0615 e. The number of aromatic nitrogens is 1. The zero-order chi connectivity index (χ0) is 19.9. The van der Waals surface area contributed by atoms with Gasteiger partial charge in [-0.15, -0.1) is 11.3 Å². The highest BCUT2D eigenvalue weighted by molar-refractivity contribution is 7.21. The van der Waals surface area contributed by atoms with Gasteiger partial charge in [-0.1, -0.05) is 91.0 Å². The maximum absolute atomic E-state index is 2.33. The van der Waals surface area contributed by atoms with Crippen molar-refractivity contribution in [1.29, 1.82) is 0 Å². The van der Waals surface area contributed by atoms with Crippen LogP contribution in [0.1, 0.15) is 0 Å². The Balaban J connectivity index is 1.70. The summed E-state index contributed by atoms with van der Waals surface area (Å²) >= 11 is 1.89. The molecule has 3 heterocycles. The first-order chi connectivity index (χ1) is 14.9. The molecule has 0 aliphatic carbocycles. The summed E-state index contributed by atoms with van der Waals surface area (Å²) in [6, 6.07) is 38.9. The van der Waals surface area contributed by atoms with Gasteiger partial charge in [0.2, 0.25) is 0 Å². The Labute approximate surface area is 179 Å². The van der Waals surface area contributed by atoms with Crippen molar-refractivity contribution in [3.05, 3.63) is 115 Å². The van der Waals surface area contributed by atoms with Crippen LogP contribution in [0.25, 0.3) is 48.4 Å². The van der Waals surface area contributed by atoms with Gasteiger partial charge in [-0.2, -0.15) is 0 Å². The molecule has 3 aromatic carbocycles. The summed E-state index contributed by atoms with van der Waals surface area (Å²) in [6.07, 6.45) is 2.16. The Morgan fingerprint density at radius 1 is 0.533 bits per heavy atom. The summed E-state index contributed by atoms with van der Waals surface area (Å²) < 4.78 is 2.31. The number of hydrogen-bond acceptors (Lipinski definition) is 1. The number of fused-ring (bicyclic) bond motifs is 2. The topological polar surface area (TPSA) is 4.41 Å². The number of hydrogen-bond donors (Lipinski definition) is 0. The van der Waals surface area contributed by atoms with Gasteiger partial charge < -0.3 is 4.40 Å². The van der Waals surface area contributed by atoms with E-state index in [1.54, 1.807) is 0 Å². The molecule has 2 heteroatoms. The van der Waals surface area contributed by atoms with Crippen LogP contribution in [0.4, 0.5) is 0 Å². The van der Waals surface area contributed by atoms with Gasteiger partial charge in [-0.05, 0) is 29.3 Å². The summed E-state index contributed by atoms with van der Waals surface area (Å²) in [4.78, 5) is 2.66. The van der Waals surface area contributed by atoms with Gasteiger partial charge in [0.05, 0.1) is 5.69 Å². The van der Waals surface area contributed by atoms with Gasteiger partial charge in [-0.25, -0.2) is 0 Å². The van der Waals surface area contributed by atoms with Crippen LogP contribution in [-0.2, 0) is 0 Å². The van der Waals surface area contributed by atoms with Crippen molar-refractivity contribution in [2.45, 2.75) is 0 Å². The summed E-state index contributed by atoms with van der Waals surface area (Å²) in [7, 11) is 0. The van der Waals surface area contributed by atoms with Gasteiger partial charge in [0.1, 0.15) is 0 Å². The first-order valence-corrected chi connectivity index (χ1v) is 10.9. The van der Waals surface area contributed by atoms with E-state index in [1.165, 1.54) is 48.4 Å². The molecule has 0 aliphatic rings. The van der Waals surface area contributed by atoms with Crippen molar-refractivity contribution in [2.75, 3.05) is 0 Å². The fourth-order valence-electron chi connectivity index (χ4n) is 4.28. The van der Waals surface area contributed by atoms with Gasteiger partial charge in [0, 0.05) is 37.8 Å². The molecule has 0 saturated heterocycles. The summed E-state index contributed by atoms with van der Waals surface area (Å²) in [6.45, 7) is 0. The molecule has 0 radical (unpaired) electrons. The predicted octanol–water partition coefficient (Wildman–Crippen LogP) is 8.16. The van der Waals surface area contributed by atoms with E-state index < -0.39 is 0 Å². The average molecular weight is 402 g/mol. The fourth-order valence-corrected chi connectivity index (χ4v) is 5.58. The largest absolute Gasteiger partial charge is 0.316 e. The molecule has 6 rings (SSSR count). The molecule has 0 fully saturated rings. The van der Waals surface area contributed by atoms with Crippen LogP contribution in [0.5, 0.6) is 0 Å². The highest BCUT2D eigenvalue weighted by Crippen LogP contribution is 2.47. The molecule has 0 unspecified atom stereocenters. The number of rotatable bonds is 3. The maximum atomic E-state index is 2.33. The van der Waals surface area contributed by atoms with Crippen LogP contribution < -0.4 is 0 Å². The van der Waals surface area contributed by atoms with E-state index in [4.69, 9.17) is 0 Å². The van der Waals surface area contributed by atoms with E-state index in [0.29, 0.717) is 0 Å². The molecular formula is C28H19NS. The zero-order valence-corrected chi connectivity index (χ0v) is 17.1. The second-order valence-electron chi connectivity index (χ2n) is 7.44. The molecule has 142 valence electrons. The average Bonchev–Trinajstić information content (AvgIpc) is 3.39. The molecule has 0 N–H and O–H groups in total. The van der Waals surface area contributed by atoms with Crippen LogP contribution in [0, 0.1) is 0 Å². The predicted molar refractivity (Wildman–Crippen MR) is 129 cm³/mol. The number of benzene rings is 3. The van der Waals surface area contributed by atoms with E-state index in [-0.39, 0.29) is 0 Å². The van der Waals surface area contributed by atoms with Crippen molar-refractivity contribution in [3.63, 3.8) is 0 Å². The van der Waals surface area contributed by atoms with Gasteiger partial charge in [0.15, 0.2) is 0 Å². The number of thiophene rings is 1. The van der Waals surface area contributed by atoms with Crippen LogP contribution in [0.3, 0.4) is 0 Å². The first kappa shape index (κ1) is 17.3. The second kappa shape index (κ2) is 7.01. The van der Waals surface area contributed by atoms with Gasteiger partial charge in [-0.3, -0.25) is 0 Å². The van der Waals surface area contributed by atoms with Crippen LogP contribution in [0.2, 0.25) is 0 Å². The SMILES string of the molecule is c1ccc(-c2sc(-c3cc4ccccn4c3-c3ccccc3)c3ccccc23)cc1. The van der Waals surface area contributed by atoms with Crippen molar-refractivity contribution in [3.8, 4) is 32.1 Å². The third-order valence-electron chi connectivity index (χ3n) is 5.63. The van der Waals surface area contributed by atoms with Crippen molar-refractivity contribution >= 4 is 27.6 Å². The van der Waals surface area contributed by atoms with Gasteiger partial charge >= 0.3 is 0 Å². The van der Waals surface area contributed by atoms with E-state index in [1.807, 2.05) is 11.3 Å². The molecule has 0 amide bonds. The minimum absolute atomic E-state index is 1.21. The van der Waals surface area contributed by atoms with E-state index in [2.05, 4.69) is 120 Å². The molecule has 30 heavy (non-hydrogen) atoms. The smallest absolute Gasteiger partial charge is 0.0615 e. The highest BCUT2D eigenvalue weighted by atomic mass is 32.1. The lowest BCUT2D eigenvalue weighted by Crippen LogP contribution is -1.88. The van der Waals surface area contributed by atoms with Crippen molar-refractivity contribution in [2.24, 2.45) is 0 Å². The molecule has 3 aromatic heterocycles. The minimum atomic E-state index is 1.21. The number of nitrogens with zero attached hydrogens (tertiary/aromatic N) is 1. The summed E-state index contributed by atoms with van der Waals surface area (Å²) in [5.74, 6) is 0. The van der Waals surface area contributed by atoms with Crippen molar-refractivity contribution in [1.82, 2.24) is 4.40 Å². The quantitative estimate of drug-likeness (QED) is 0.282. The van der Waals surface area contributed by atoms with E-state index in [9.17, 15) is 0 Å². The molecule has 0 spiro atoms. The van der Waals surface area contributed by atoms with Crippen LogP contribution in [0.15, 0.2) is 115 Å². The Hall–Kier alpha value is -3.62. The third-order valence-corrected chi connectivity index (χ3v) is 6.93. The lowest BCUT2D eigenvalue weighted by Gasteiger charge is -2.07. The number of pyridine rings is 1.